The van der Waals surface area contributed by atoms with Gasteiger partial charge in [-0.2, -0.15) is 0 Å². The monoisotopic (exact) mass is 266 g/mol. The van der Waals surface area contributed by atoms with E-state index in [0.717, 1.165) is 24.5 Å². The van der Waals surface area contributed by atoms with Crippen molar-refractivity contribution in [1.82, 2.24) is 15.2 Å². The summed E-state index contributed by atoms with van der Waals surface area (Å²) in [7, 11) is 3.88. The van der Waals surface area contributed by atoms with Gasteiger partial charge in [0.1, 0.15) is 11.6 Å². The van der Waals surface area contributed by atoms with Gasteiger partial charge in [0.15, 0.2) is 0 Å². The first-order chi connectivity index (χ1) is 9.20. The Morgan fingerprint density at radius 3 is 2.84 bits per heavy atom. The van der Waals surface area contributed by atoms with E-state index in [2.05, 4.69) is 20.1 Å². The summed E-state index contributed by atoms with van der Waals surface area (Å²) < 4.78 is 13.2. The molecule has 0 aromatic carbocycles. The zero-order valence-electron chi connectivity index (χ0n) is 11.8. The van der Waals surface area contributed by atoms with Crippen LogP contribution in [-0.4, -0.2) is 50.2 Å². The van der Waals surface area contributed by atoms with Crippen LogP contribution in [0.1, 0.15) is 18.4 Å². The van der Waals surface area contributed by atoms with Gasteiger partial charge in [-0.1, -0.05) is 0 Å². The fraction of sp³-hybridized carbons (Fsp3) is 0.643. The fourth-order valence-corrected chi connectivity index (χ4v) is 2.54. The fourth-order valence-electron chi connectivity index (χ4n) is 2.54. The van der Waals surface area contributed by atoms with Crippen molar-refractivity contribution in [3.8, 4) is 0 Å². The van der Waals surface area contributed by atoms with E-state index in [1.54, 1.807) is 6.07 Å². The average molecular weight is 266 g/mol. The van der Waals surface area contributed by atoms with Crippen LogP contribution in [0.15, 0.2) is 12.3 Å². The van der Waals surface area contributed by atoms with E-state index in [0.29, 0.717) is 6.54 Å². The van der Waals surface area contributed by atoms with E-state index < -0.39 is 0 Å². The topological polar surface area (TPSA) is 31.4 Å². The molecular weight excluding hydrogens is 243 g/mol. The Hall–Kier alpha value is -1.20. The molecule has 1 fully saturated rings. The highest BCUT2D eigenvalue weighted by Crippen LogP contribution is 2.17. The van der Waals surface area contributed by atoms with Crippen molar-refractivity contribution in [3.05, 3.63) is 23.6 Å². The molecule has 0 amide bonds. The highest BCUT2D eigenvalue weighted by atomic mass is 19.1. The first-order valence-electron chi connectivity index (χ1n) is 6.93. The minimum absolute atomic E-state index is 0.276. The summed E-state index contributed by atoms with van der Waals surface area (Å²) in [5.41, 5.74) is 0.909. The Labute approximate surface area is 114 Å². The second-order valence-corrected chi connectivity index (χ2v) is 5.14. The molecule has 0 atom stereocenters. The first kappa shape index (κ1) is 14.2. The van der Waals surface area contributed by atoms with Gasteiger partial charge in [-0.05, 0) is 39.0 Å². The molecule has 2 heterocycles. The van der Waals surface area contributed by atoms with E-state index in [-0.39, 0.29) is 5.82 Å². The zero-order chi connectivity index (χ0) is 13.7. The Kier molecular flexibility index (Phi) is 5.10. The van der Waals surface area contributed by atoms with E-state index >= 15 is 0 Å². The van der Waals surface area contributed by atoms with Gasteiger partial charge in [0.05, 0.1) is 6.20 Å². The van der Waals surface area contributed by atoms with Crippen LogP contribution < -0.4 is 10.2 Å². The molecule has 0 radical (unpaired) electrons. The molecule has 1 aliphatic rings. The Morgan fingerprint density at radius 1 is 1.42 bits per heavy atom. The lowest BCUT2D eigenvalue weighted by Crippen LogP contribution is -2.32. The Balaban J connectivity index is 1.98. The maximum atomic E-state index is 13.2. The van der Waals surface area contributed by atoms with Gasteiger partial charge in [0.25, 0.3) is 0 Å². The predicted molar refractivity (Wildman–Crippen MR) is 75.9 cm³/mol. The number of likely N-dealkylation sites (N-methyl/N-ethyl adjacent to an activating group) is 1. The van der Waals surface area contributed by atoms with E-state index in [9.17, 15) is 4.39 Å². The van der Waals surface area contributed by atoms with Crippen molar-refractivity contribution in [2.75, 3.05) is 45.2 Å². The largest absolute Gasteiger partial charge is 0.358 e. The quantitative estimate of drug-likeness (QED) is 0.845. The van der Waals surface area contributed by atoms with E-state index in [1.165, 1.54) is 32.1 Å². The lowest BCUT2D eigenvalue weighted by molar-refractivity contribution is 0.346. The predicted octanol–water partition coefficient (Wildman–Crippen LogP) is 1.47. The maximum absolute atomic E-state index is 13.2. The van der Waals surface area contributed by atoms with Crippen LogP contribution in [0.3, 0.4) is 0 Å². The molecule has 0 aliphatic carbocycles. The molecule has 1 N–H and O–H groups in total. The normalized spacial score (nSPS) is 15.9. The van der Waals surface area contributed by atoms with E-state index in [1.807, 2.05) is 14.1 Å². The second-order valence-electron chi connectivity index (χ2n) is 5.14. The molecule has 1 saturated heterocycles. The number of nitrogens with one attached hydrogen (secondary N) is 1. The molecule has 106 valence electrons. The molecule has 0 saturated carbocycles. The van der Waals surface area contributed by atoms with Gasteiger partial charge < -0.3 is 15.1 Å². The number of halogens is 1. The van der Waals surface area contributed by atoms with E-state index in [4.69, 9.17) is 0 Å². The highest BCUT2D eigenvalue weighted by Gasteiger charge is 2.14. The summed E-state index contributed by atoms with van der Waals surface area (Å²) in [6.45, 7) is 5.01. The molecular formula is C14H23FN4. The molecule has 5 heteroatoms. The van der Waals surface area contributed by atoms with Crippen LogP contribution in [-0.2, 0) is 6.54 Å². The number of nitrogens with zero attached hydrogens (tertiary/aromatic N) is 3. The summed E-state index contributed by atoms with van der Waals surface area (Å²) in [6, 6.07) is 1.56. The third-order valence-corrected chi connectivity index (χ3v) is 3.59. The van der Waals surface area contributed by atoms with Crippen LogP contribution in [0.25, 0.3) is 0 Å². The molecule has 1 aromatic rings. The number of anilines is 1. The molecule has 2 rings (SSSR count). The summed E-state index contributed by atoms with van der Waals surface area (Å²) >= 11 is 0. The van der Waals surface area contributed by atoms with Crippen molar-refractivity contribution in [2.45, 2.75) is 19.4 Å². The van der Waals surface area contributed by atoms with Gasteiger partial charge in [-0.25, -0.2) is 9.37 Å². The first-order valence-corrected chi connectivity index (χ1v) is 6.93. The minimum atomic E-state index is -0.276. The Morgan fingerprint density at radius 2 is 2.16 bits per heavy atom. The summed E-state index contributed by atoms with van der Waals surface area (Å²) in [5.74, 6) is 0.594. The molecule has 1 aromatic heterocycles. The Bertz CT molecular complexity index is 404. The lowest BCUT2D eigenvalue weighted by Gasteiger charge is -2.24. The molecule has 0 unspecified atom stereocenters. The van der Waals surface area contributed by atoms with Gasteiger partial charge in [0.2, 0.25) is 0 Å². The maximum Gasteiger partial charge on any atom is 0.141 e. The van der Waals surface area contributed by atoms with Crippen LogP contribution >= 0.6 is 0 Å². The molecule has 0 spiro atoms. The standard InChI is InChI=1S/C14H23FN4/c1-16-10-12-9-13(15)11-17-14(12)18(2)7-8-19-5-3-4-6-19/h9,11,16H,3-8,10H2,1-2H3. The lowest BCUT2D eigenvalue weighted by atomic mass is 10.2. The summed E-state index contributed by atoms with van der Waals surface area (Å²) in [6.07, 6.45) is 3.91. The SMILES string of the molecule is CNCc1cc(F)cnc1N(C)CCN1CCCC1. The van der Waals surface area contributed by atoms with Crippen LogP contribution in [0, 0.1) is 5.82 Å². The summed E-state index contributed by atoms with van der Waals surface area (Å²) in [5, 5.41) is 3.06. The van der Waals surface area contributed by atoms with Crippen LogP contribution in [0.5, 0.6) is 0 Å². The second kappa shape index (κ2) is 6.82. The average Bonchev–Trinajstić information content (AvgIpc) is 2.90. The van der Waals surface area contributed by atoms with Crippen LogP contribution in [0.4, 0.5) is 10.2 Å². The number of aromatic nitrogens is 1. The number of pyridine rings is 1. The number of likely N-dealkylation sites (tertiary alicyclic amines) is 1. The molecule has 19 heavy (non-hydrogen) atoms. The van der Waals surface area contributed by atoms with Crippen molar-refractivity contribution < 1.29 is 4.39 Å². The van der Waals surface area contributed by atoms with Gasteiger partial charge in [-0.15, -0.1) is 0 Å². The summed E-state index contributed by atoms with van der Waals surface area (Å²) in [4.78, 5) is 8.82. The van der Waals surface area contributed by atoms with Crippen LogP contribution in [0.2, 0.25) is 0 Å². The highest BCUT2D eigenvalue weighted by molar-refractivity contribution is 5.46. The van der Waals surface area contributed by atoms with Crippen molar-refractivity contribution >= 4 is 5.82 Å². The van der Waals surface area contributed by atoms with Crippen molar-refractivity contribution in [2.24, 2.45) is 0 Å². The molecule has 4 nitrogen and oxygen atoms in total. The number of hydrogen-bond acceptors (Lipinski definition) is 4. The molecule has 1 aliphatic heterocycles. The smallest absolute Gasteiger partial charge is 0.141 e. The third-order valence-electron chi connectivity index (χ3n) is 3.59. The number of hydrogen-bond donors (Lipinski definition) is 1. The van der Waals surface area contributed by atoms with Gasteiger partial charge >= 0.3 is 0 Å². The number of rotatable bonds is 6. The van der Waals surface area contributed by atoms with Crippen molar-refractivity contribution in [3.63, 3.8) is 0 Å². The molecule has 0 bridgehead atoms. The zero-order valence-corrected chi connectivity index (χ0v) is 11.8. The van der Waals surface area contributed by atoms with Gasteiger partial charge in [-0.3, -0.25) is 0 Å². The third kappa shape index (κ3) is 3.88. The van der Waals surface area contributed by atoms with Gasteiger partial charge in [0, 0.05) is 32.2 Å². The minimum Gasteiger partial charge on any atom is -0.358 e. The van der Waals surface area contributed by atoms with Crippen molar-refractivity contribution in [1.29, 1.82) is 0 Å².